The highest BCUT2D eigenvalue weighted by molar-refractivity contribution is 5.67. The zero-order valence-electron chi connectivity index (χ0n) is 18.8. The molecule has 3 N–H and O–H groups in total. The Labute approximate surface area is 193 Å². The van der Waals surface area contributed by atoms with E-state index in [1.807, 2.05) is 24.3 Å². The van der Waals surface area contributed by atoms with Gasteiger partial charge in [-0.15, -0.1) is 0 Å². The van der Waals surface area contributed by atoms with Crippen molar-refractivity contribution in [3.63, 3.8) is 0 Å². The number of aromatic nitrogens is 3. The highest BCUT2D eigenvalue weighted by atomic mass is 16.5. The van der Waals surface area contributed by atoms with Crippen molar-refractivity contribution in [1.29, 1.82) is 0 Å². The van der Waals surface area contributed by atoms with Crippen molar-refractivity contribution < 1.29 is 9.47 Å². The molecule has 1 aromatic carbocycles. The standard InChI is InChI=1S/C23H28N8O2/c1-30-9-11-31(12-10-30)17-5-3-4-16(14-17)26-23-25-15-19(32-2)22(29-23)28-20-7-6-18-21(27-20)24-8-13-33-18/h3-7,14-15H,8-13H2,1-2H3,(H3,24,25,26,27,28,29). The molecule has 1 fully saturated rings. The van der Waals surface area contributed by atoms with Crippen molar-refractivity contribution in [1.82, 2.24) is 19.9 Å². The van der Waals surface area contributed by atoms with Crippen molar-refractivity contribution in [2.75, 3.05) is 74.3 Å². The maximum Gasteiger partial charge on any atom is 0.229 e. The van der Waals surface area contributed by atoms with Crippen LogP contribution in [0.1, 0.15) is 0 Å². The van der Waals surface area contributed by atoms with E-state index in [0.717, 1.165) is 44.2 Å². The summed E-state index contributed by atoms with van der Waals surface area (Å²) in [5, 5.41) is 9.78. The largest absolute Gasteiger partial charge is 0.491 e. The van der Waals surface area contributed by atoms with Crippen LogP contribution >= 0.6 is 0 Å². The summed E-state index contributed by atoms with van der Waals surface area (Å²) in [6.45, 7) is 5.51. The van der Waals surface area contributed by atoms with E-state index in [9.17, 15) is 0 Å². The first-order chi connectivity index (χ1) is 16.2. The van der Waals surface area contributed by atoms with Gasteiger partial charge in [0.2, 0.25) is 5.95 Å². The number of methoxy groups -OCH3 is 1. The number of hydrogen-bond acceptors (Lipinski definition) is 10. The van der Waals surface area contributed by atoms with Gasteiger partial charge in [0.1, 0.15) is 12.4 Å². The Kier molecular flexibility index (Phi) is 5.99. The Morgan fingerprint density at radius 3 is 2.79 bits per heavy atom. The number of nitrogens with one attached hydrogen (secondary N) is 3. The molecule has 0 aliphatic carbocycles. The van der Waals surface area contributed by atoms with Crippen LogP contribution in [-0.2, 0) is 0 Å². The molecule has 33 heavy (non-hydrogen) atoms. The summed E-state index contributed by atoms with van der Waals surface area (Å²) in [7, 11) is 3.75. The van der Waals surface area contributed by atoms with Gasteiger partial charge < -0.3 is 35.2 Å². The number of fused-ring (bicyclic) bond motifs is 1. The van der Waals surface area contributed by atoms with Crippen LogP contribution in [0.4, 0.5) is 34.8 Å². The maximum atomic E-state index is 5.60. The smallest absolute Gasteiger partial charge is 0.229 e. The Morgan fingerprint density at radius 1 is 1.06 bits per heavy atom. The molecule has 1 saturated heterocycles. The highest BCUT2D eigenvalue weighted by Gasteiger charge is 2.16. The van der Waals surface area contributed by atoms with Gasteiger partial charge in [0.05, 0.1) is 19.9 Å². The summed E-state index contributed by atoms with van der Waals surface area (Å²) in [5.74, 6) is 3.59. The lowest BCUT2D eigenvalue weighted by Crippen LogP contribution is -2.44. The van der Waals surface area contributed by atoms with E-state index in [4.69, 9.17) is 9.47 Å². The number of piperazine rings is 1. The van der Waals surface area contributed by atoms with Gasteiger partial charge in [-0.25, -0.2) is 9.97 Å². The lowest BCUT2D eigenvalue weighted by Gasteiger charge is -2.34. The molecule has 2 aromatic heterocycles. The normalized spacial score (nSPS) is 15.8. The topological polar surface area (TPSA) is 99.7 Å². The number of anilines is 6. The van der Waals surface area contributed by atoms with Crippen molar-refractivity contribution in [2.45, 2.75) is 0 Å². The van der Waals surface area contributed by atoms with Crippen LogP contribution in [-0.4, -0.2) is 73.3 Å². The molecule has 10 heteroatoms. The second-order valence-corrected chi connectivity index (χ2v) is 8.02. The zero-order valence-corrected chi connectivity index (χ0v) is 18.8. The molecule has 3 aromatic rings. The van der Waals surface area contributed by atoms with Gasteiger partial charge in [-0.1, -0.05) is 6.07 Å². The van der Waals surface area contributed by atoms with Crippen LogP contribution < -0.4 is 30.3 Å². The summed E-state index contributed by atoms with van der Waals surface area (Å²) in [6.07, 6.45) is 1.64. The van der Waals surface area contributed by atoms with Gasteiger partial charge >= 0.3 is 0 Å². The van der Waals surface area contributed by atoms with Crippen molar-refractivity contribution in [3.05, 3.63) is 42.6 Å². The van der Waals surface area contributed by atoms with Crippen molar-refractivity contribution >= 4 is 34.8 Å². The summed E-state index contributed by atoms with van der Waals surface area (Å²) in [5.41, 5.74) is 2.11. The Balaban J connectivity index is 1.34. The molecule has 5 rings (SSSR count). The average molecular weight is 449 g/mol. The quantitative estimate of drug-likeness (QED) is 0.522. The van der Waals surface area contributed by atoms with Crippen LogP contribution in [0.15, 0.2) is 42.6 Å². The molecular formula is C23H28N8O2. The Bertz CT molecular complexity index is 1120. The van der Waals surface area contributed by atoms with Gasteiger partial charge in [-0.2, -0.15) is 4.98 Å². The molecule has 0 radical (unpaired) electrons. The molecule has 172 valence electrons. The van der Waals surface area contributed by atoms with Gasteiger partial charge in [-0.3, -0.25) is 0 Å². The van der Waals surface area contributed by atoms with Gasteiger partial charge in [-0.05, 0) is 37.4 Å². The number of hydrogen-bond donors (Lipinski definition) is 3. The lowest BCUT2D eigenvalue weighted by molar-refractivity contribution is 0.313. The molecule has 0 amide bonds. The molecular weight excluding hydrogens is 420 g/mol. The van der Waals surface area contributed by atoms with Crippen molar-refractivity contribution in [2.24, 2.45) is 0 Å². The minimum Gasteiger partial charge on any atom is -0.491 e. The predicted molar refractivity (Wildman–Crippen MR) is 130 cm³/mol. The number of rotatable bonds is 6. The van der Waals surface area contributed by atoms with Gasteiger partial charge in [0.15, 0.2) is 23.1 Å². The average Bonchev–Trinajstić information content (AvgIpc) is 2.85. The molecule has 0 atom stereocenters. The second kappa shape index (κ2) is 9.37. The molecule has 2 aliphatic heterocycles. The number of ether oxygens (including phenoxy) is 2. The van der Waals surface area contributed by atoms with Gasteiger partial charge in [0, 0.05) is 37.6 Å². The zero-order chi connectivity index (χ0) is 22.6. The van der Waals surface area contributed by atoms with E-state index in [0.29, 0.717) is 35.8 Å². The fourth-order valence-electron chi connectivity index (χ4n) is 3.85. The number of benzene rings is 1. The molecule has 0 bridgehead atoms. The minimum absolute atomic E-state index is 0.466. The van der Waals surface area contributed by atoms with E-state index < -0.39 is 0 Å². The SMILES string of the molecule is COc1cnc(Nc2cccc(N3CCN(C)CC3)c2)nc1Nc1ccc2c(n1)NCCO2. The predicted octanol–water partition coefficient (Wildman–Crippen LogP) is 2.92. The fraction of sp³-hybridized carbons (Fsp3) is 0.348. The molecule has 0 saturated carbocycles. The number of likely N-dealkylation sites (N-methyl/N-ethyl adjacent to an activating group) is 1. The summed E-state index contributed by atoms with van der Waals surface area (Å²) >= 11 is 0. The van der Waals surface area contributed by atoms with E-state index in [1.165, 1.54) is 5.69 Å². The van der Waals surface area contributed by atoms with Gasteiger partial charge in [0.25, 0.3) is 0 Å². The van der Waals surface area contributed by atoms with Crippen LogP contribution in [0.2, 0.25) is 0 Å². The molecule has 0 spiro atoms. The summed E-state index contributed by atoms with van der Waals surface area (Å²) in [6, 6.07) is 12.1. The Morgan fingerprint density at radius 2 is 1.94 bits per heavy atom. The third-order valence-electron chi connectivity index (χ3n) is 5.70. The monoisotopic (exact) mass is 448 g/mol. The summed E-state index contributed by atoms with van der Waals surface area (Å²) < 4.78 is 11.0. The lowest BCUT2D eigenvalue weighted by atomic mass is 10.2. The van der Waals surface area contributed by atoms with Crippen molar-refractivity contribution in [3.8, 4) is 11.5 Å². The first-order valence-corrected chi connectivity index (χ1v) is 11.0. The third-order valence-corrected chi connectivity index (χ3v) is 5.70. The van der Waals surface area contributed by atoms with E-state index in [2.05, 4.69) is 59.9 Å². The second-order valence-electron chi connectivity index (χ2n) is 8.02. The number of nitrogens with zero attached hydrogens (tertiary/aromatic N) is 5. The maximum absolute atomic E-state index is 5.60. The molecule has 2 aliphatic rings. The van der Waals surface area contributed by atoms with E-state index in [-0.39, 0.29) is 0 Å². The minimum atomic E-state index is 0.466. The third kappa shape index (κ3) is 4.85. The van der Waals surface area contributed by atoms with E-state index in [1.54, 1.807) is 13.3 Å². The first kappa shape index (κ1) is 21.1. The van der Waals surface area contributed by atoms with Crippen LogP contribution in [0.25, 0.3) is 0 Å². The molecule has 0 unspecified atom stereocenters. The number of pyridine rings is 1. The summed E-state index contributed by atoms with van der Waals surface area (Å²) in [4.78, 5) is 18.4. The first-order valence-electron chi connectivity index (χ1n) is 11.0. The van der Waals surface area contributed by atoms with Crippen LogP contribution in [0.5, 0.6) is 11.5 Å². The van der Waals surface area contributed by atoms with E-state index >= 15 is 0 Å². The molecule has 10 nitrogen and oxygen atoms in total. The highest BCUT2D eigenvalue weighted by Crippen LogP contribution is 2.31. The van der Waals surface area contributed by atoms with Crippen LogP contribution in [0.3, 0.4) is 0 Å². The van der Waals surface area contributed by atoms with Crippen LogP contribution in [0, 0.1) is 0 Å². The fourth-order valence-corrected chi connectivity index (χ4v) is 3.85. The Hall–Kier alpha value is -3.79. The molecule has 4 heterocycles.